The summed E-state index contributed by atoms with van der Waals surface area (Å²) in [6.45, 7) is 0. The van der Waals surface area contributed by atoms with Crippen LogP contribution in [0.5, 0.6) is 0 Å². The third-order valence-corrected chi connectivity index (χ3v) is 7.31. The van der Waals surface area contributed by atoms with Crippen LogP contribution in [0, 0.1) is 5.92 Å². The van der Waals surface area contributed by atoms with Gasteiger partial charge in [0.1, 0.15) is 6.33 Å². The van der Waals surface area contributed by atoms with E-state index in [0.29, 0.717) is 6.04 Å². The van der Waals surface area contributed by atoms with Gasteiger partial charge in [0, 0.05) is 28.0 Å². The molecule has 2 aliphatic carbocycles. The highest BCUT2D eigenvalue weighted by atomic mass is 35.5. The first-order chi connectivity index (χ1) is 17.2. The molecule has 1 fully saturated rings. The largest absolute Gasteiger partial charge is 0.351 e. The van der Waals surface area contributed by atoms with E-state index < -0.39 is 0 Å². The highest BCUT2D eigenvalue weighted by molar-refractivity contribution is 6.30. The van der Waals surface area contributed by atoms with E-state index in [9.17, 15) is 0 Å². The molecule has 6 rings (SSSR count). The standard InChI is InChI=1S/C29H28ClN5/c30-22-10-12-25(13-11-22)35-28-9-5-4-6-20(28)14-21-15-26(34-24-17-31-19-32-18-24)27(16-29(21)35)33-23-7-2-1-3-8-23/h4-6,9-13,15-19,21,23,34H,1-3,7-8,14H2. The van der Waals surface area contributed by atoms with Gasteiger partial charge < -0.3 is 10.2 Å². The molecule has 6 heteroatoms. The number of halogens is 1. The Hall–Kier alpha value is -3.44. The van der Waals surface area contributed by atoms with E-state index in [4.69, 9.17) is 16.6 Å². The molecule has 0 radical (unpaired) electrons. The fourth-order valence-corrected chi connectivity index (χ4v) is 5.51. The maximum atomic E-state index is 6.24. The Balaban J connectivity index is 1.46. The number of allylic oxidation sites excluding steroid dienone is 2. The summed E-state index contributed by atoms with van der Waals surface area (Å²) in [6, 6.07) is 17.1. The molecular weight excluding hydrogens is 454 g/mol. The van der Waals surface area contributed by atoms with Crippen LogP contribution in [0.15, 0.2) is 95.8 Å². The molecule has 2 aromatic carbocycles. The number of hydrogen-bond acceptors (Lipinski definition) is 5. The molecule has 5 nitrogen and oxygen atoms in total. The summed E-state index contributed by atoms with van der Waals surface area (Å²) in [5.74, 6) is 0.220. The van der Waals surface area contributed by atoms with Gasteiger partial charge in [0.05, 0.1) is 35.5 Å². The van der Waals surface area contributed by atoms with E-state index in [1.165, 1.54) is 36.2 Å². The highest BCUT2D eigenvalue weighted by Gasteiger charge is 2.33. The van der Waals surface area contributed by atoms with Gasteiger partial charge >= 0.3 is 0 Å². The Morgan fingerprint density at radius 2 is 1.71 bits per heavy atom. The van der Waals surface area contributed by atoms with E-state index >= 15 is 0 Å². The van der Waals surface area contributed by atoms with Crippen LogP contribution in [0.3, 0.4) is 0 Å². The molecule has 0 amide bonds. The number of nitrogens with zero attached hydrogens (tertiary/aromatic N) is 4. The minimum Gasteiger partial charge on any atom is -0.351 e. The predicted molar refractivity (Wildman–Crippen MR) is 143 cm³/mol. The van der Waals surface area contributed by atoms with Crippen molar-refractivity contribution in [2.75, 3.05) is 10.2 Å². The van der Waals surface area contributed by atoms with Gasteiger partial charge in [-0.2, -0.15) is 0 Å². The highest BCUT2D eigenvalue weighted by Crippen LogP contribution is 2.44. The fourth-order valence-electron chi connectivity index (χ4n) is 5.39. The maximum absolute atomic E-state index is 6.24. The van der Waals surface area contributed by atoms with E-state index in [1.807, 2.05) is 24.5 Å². The number of aliphatic imine (C=N–C) groups is 1. The summed E-state index contributed by atoms with van der Waals surface area (Å²) >= 11 is 6.24. The molecule has 0 bridgehead atoms. The van der Waals surface area contributed by atoms with E-state index in [-0.39, 0.29) is 5.92 Å². The SMILES string of the molecule is Clc1ccc(N2C3=CC(=NC4CCCCC4)C(Nc4cncnc4)=CC3Cc3ccccc32)cc1. The van der Waals surface area contributed by atoms with Crippen molar-refractivity contribution in [3.05, 3.63) is 101 Å². The van der Waals surface area contributed by atoms with Crippen molar-refractivity contribution in [3.63, 3.8) is 0 Å². The van der Waals surface area contributed by atoms with Gasteiger partial charge in [-0.3, -0.25) is 4.99 Å². The van der Waals surface area contributed by atoms with Gasteiger partial charge in [-0.25, -0.2) is 9.97 Å². The Morgan fingerprint density at radius 3 is 2.51 bits per heavy atom. The van der Waals surface area contributed by atoms with Gasteiger partial charge in [0.25, 0.3) is 0 Å². The summed E-state index contributed by atoms with van der Waals surface area (Å²) in [5.41, 5.74) is 7.82. The molecule has 3 aromatic rings. The van der Waals surface area contributed by atoms with E-state index in [0.717, 1.165) is 47.1 Å². The van der Waals surface area contributed by atoms with Crippen LogP contribution in [0.2, 0.25) is 5.02 Å². The number of rotatable bonds is 4. The summed E-state index contributed by atoms with van der Waals surface area (Å²) < 4.78 is 0. The lowest BCUT2D eigenvalue weighted by Gasteiger charge is -2.40. The minimum absolute atomic E-state index is 0.220. The first-order valence-electron chi connectivity index (χ1n) is 12.4. The number of hydrogen-bond donors (Lipinski definition) is 1. The average Bonchev–Trinajstić information content (AvgIpc) is 2.90. The molecule has 35 heavy (non-hydrogen) atoms. The number of anilines is 3. The van der Waals surface area contributed by atoms with Crippen molar-refractivity contribution in [2.45, 2.75) is 44.6 Å². The number of benzene rings is 2. The average molecular weight is 482 g/mol. The third kappa shape index (κ3) is 4.61. The van der Waals surface area contributed by atoms with Crippen molar-refractivity contribution < 1.29 is 0 Å². The van der Waals surface area contributed by atoms with Crippen LogP contribution < -0.4 is 10.2 Å². The molecule has 176 valence electrons. The van der Waals surface area contributed by atoms with E-state index in [2.05, 4.69) is 68.7 Å². The van der Waals surface area contributed by atoms with Gasteiger partial charge in [0.15, 0.2) is 0 Å². The lowest BCUT2D eigenvalue weighted by Crippen LogP contribution is -2.33. The number of nitrogens with one attached hydrogen (secondary N) is 1. The molecule has 0 spiro atoms. The second-order valence-electron chi connectivity index (χ2n) is 9.46. The van der Waals surface area contributed by atoms with Crippen LogP contribution >= 0.6 is 11.6 Å². The Morgan fingerprint density at radius 1 is 0.943 bits per heavy atom. The molecule has 1 N–H and O–H groups in total. The Labute approximate surface area is 211 Å². The molecule has 2 heterocycles. The maximum Gasteiger partial charge on any atom is 0.115 e. The molecule has 0 saturated heterocycles. The summed E-state index contributed by atoms with van der Waals surface area (Å²) in [7, 11) is 0. The van der Waals surface area contributed by atoms with Crippen LogP contribution in [-0.4, -0.2) is 21.7 Å². The Kier molecular flexibility index (Phi) is 6.09. The molecule has 1 aliphatic heterocycles. The van der Waals surface area contributed by atoms with Crippen molar-refractivity contribution >= 4 is 34.4 Å². The van der Waals surface area contributed by atoms with Crippen LogP contribution in [0.25, 0.3) is 0 Å². The molecule has 1 saturated carbocycles. The second kappa shape index (κ2) is 9.67. The molecule has 1 unspecified atom stereocenters. The van der Waals surface area contributed by atoms with Gasteiger partial charge in [-0.05, 0) is 67.3 Å². The van der Waals surface area contributed by atoms with Crippen molar-refractivity contribution in [3.8, 4) is 0 Å². The number of fused-ring (bicyclic) bond motifs is 2. The fraction of sp³-hybridized carbons (Fsp3) is 0.276. The van der Waals surface area contributed by atoms with E-state index in [1.54, 1.807) is 6.33 Å². The monoisotopic (exact) mass is 481 g/mol. The second-order valence-corrected chi connectivity index (χ2v) is 9.90. The van der Waals surface area contributed by atoms with Crippen molar-refractivity contribution in [2.24, 2.45) is 10.9 Å². The molecule has 1 aromatic heterocycles. The van der Waals surface area contributed by atoms with Crippen molar-refractivity contribution in [1.29, 1.82) is 0 Å². The molecule has 1 atom stereocenters. The summed E-state index contributed by atoms with van der Waals surface area (Å²) in [5, 5.41) is 4.30. The first kappa shape index (κ1) is 22.1. The topological polar surface area (TPSA) is 53.4 Å². The van der Waals surface area contributed by atoms with Crippen LogP contribution in [0.1, 0.15) is 37.7 Å². The smallest absolute Gasteiger partial charge is 0.115 e. The predicted octanol–water partition coefficient (Wildman–Crippen LogP) is 7.11. The lowest BCUT2D eigenvalue weighted by molar-refractivity contribution is 0.443. The number of aromatic nitrogens is 2. The normalized spacial score (nSPS) is 21.1. The summed E-state index contributed by atoms with van der Waals surface area (Å²) in [4.78, 5) is 16.0. The van der Waals surface area contributed by atoms with Crippen LogP contribution in [-0.2, 0) is 6.42 Å². The van der Waals surface area contributed by atoms with Gasteiger partial charge in [-0.1, -0.05) is 49.1 Å². The van der Waals surface area contributed by atoms with Crippen molar-refractivity contribution in [1.82, 2.24) is 9.97 Å². The van der Waals surface area contributed by atoms with Crippen LogP contribution in [0.4, 0.5) is 17.1 Å². The molecule has 3 aliphatic rings. The third-order valence-electron chi connectivity index (χ3n) is 7.06. The Bertz CT molecular complexity index is 1290. The zero-order valence-corrected chi connectivity index (χ0v) is 20.3. The van der Waals surface area contributed by atoms with Gasteiger partial charge in [0.2, 0.25) is 0 Å². The number of para-hydroxylation sites is 1. The zero-order chi connectivity index (χ0) is 23.6. The zero-order valence-electron chi connectivity index (χ0n) is 19.6. The lowest BCUT2D eigenvalue weighted by atomic mass is 9.84. The first-order valence-corrected chi connectivity index (χ1v) is 12.8. The summed E-state index contributed by atoms with van der Waals surface area (Å²) in [6.07, 6.45) is 16.9. The minimum atomic E-state index is 0.220. The van der Waals surface area contributed by atoms with Gasteiger partial charge in [-0.15, -0.1) is 0 Å². The quantitative estimate of drug-likeness (QED) is 0.431. The molecular formula is C29H28ClN5.